The van der Waals surface area contributed by atoms with Crippen molar-refractivity contribution in [2.24, 2.45) is 5.92 Å². The number of rotatable bonds is 2. The number of likely N-dealkylation sites (tertiary alicyclic amines) is 1. The maximum Gasteiger partial charge on any atom is 0.309 e. The van der Waals surface area contributed by atoms with Crippen LogP contribution in [0.3, 0.4) is 0 Å². The van der Waals surface area contributed by atoms with Crippen LogP contribution in [0, 0.1) is 5.92 Å². The minimum absolute atomic E-state index is 0.00291. The fourth-order valence-corrected chi connectivity index (χ4v) is 3.43. The minimum atomic E-state index is -0.976. The van der Waals surface area contributed by atoms with Gasteiger partial charge in [-0.25, -0.2) is 0 Å². The molecule has 2 aliphatic heterocycles. The summed E-state index contributed by atoms with van der Waals surface area (Å²) in [6.45, 7) is 0.725. The van der Waals surface area contributed by atoms with Crippen LogP contribution in [-0.2, 0) is 9.59 Å². The number of piperidine rings is 1. The Morgan fingerprint density at radius 2 is 2.05 bits per heavy atom. The molecule has 2 fully saturated rings. The number of hydrogen-bond acceptors (Lipinski definition) is 4. The minimum Gasteiger partial charge on any atom is -0.481 e. The van der Waals surface area contributed by atoms with E-state index < -0.39 is 17.4 Å². The van der Waals surface area contributed by atoms with E-state index >= 15 is 0 Å². The molecule has 7 nitrogen and oxygen atoms in total. The molecule has 0 bridgehead atoms. The van der Waals surface area contributed by atoms with Crippen molar-refractivity contribution >= 4 is 29.4 Å². The van der Waals surface area contributed by atoms with Gasteiger partial charge in [0.2, 0.25) is 5.91 Å². The molecule has 1 aromatic heterocycles. The molecule has 2 amide bonds. The Morgan fingerprint density at radius 3 is 2.59 bits per heavy atom. The Labute approximate surface area is 131 Å². The number of aliphatic carboxylic acids is 1. The summed E-state index contributed by atoms with van der Waals surface area (Å²) in [7, 11) is 0. The predicted octanol–water partition coefficient (Wildman–Crippen LogP) is 1.13. The molecule has 2 saturated heterocycles. The molecule has 1 unspecified atom stereocenters. The van der Waals surface area contributed by atoms with E-state index in [0.717, 1.165) is 0 Å². The summed E-state index contributed by atoms with van der Waals surface area (Å²) in [5.41, 5.74) is -0.749. The molecule has 0 saturated carbocycles. The third kappa shape index (κ3) is 2.45. The van der Waals surface area contributed by atoms with Crippen molar-refractivity contribution in [1.29, 1.82) is 0 Å². The molecule has 8 heteroatoms. The Bertz CT molecular complexity index is 633. The van der Waals surface area contributed by atoms with Crippen LogP contribution >= 0.6 is 11.6 Å². The van der Waals surface area contributed by atoms with Gasteiger partial charge in [0.05, 0.1) is 11.5 Å². The van der Waals surface area contributed by atoms with E-state index in [1.165, 1.54) is 12.1 Å². The zero-order valence-electron chi connectivity index (χ0n) is 11.7. The zero-order chi connectivity index (χ0) is 15.9. The smallest absolute Gasteiger partial charge is 0.309 e. The molecule has 2 aliphatic rings. The number of furan rings is 1. The first-order chi connectivity index (χ1) is 10.4. The highest BCUT2D eigenvalue weighted by Gasteiger charge is 2.52. The molecule has 3 rings (SSSR count). The van der Waals surface area contributed by atoms with Crippen LogP contribution in [0.2, 0.25) is 5.22 Å². The number of carbonyl (C=O) groups is 3. The van der Waals surface area contributed by atoms with Crippen molar-refractivity contribution < 1.29 is 23.9 Å². The predicted molar refractivity (Wildman–Crippen MR) is 75.5 cm³/mol. The number of amides is 2. The van der Waals surface area contributed by atoms with Gasteiger partial charge in [0.1, 0.15) is 0 Å². The van der Waals surface area contributed by atoms with Crippen LogP contribution in [0.15, 0.2) is 16.5 Å². The van der Waals surface area contributed by atoms with Crippen molar-refractivity contribution in [1.82, 2.24) is 10.2 Å². The lowest BCUT2D eigenvalue weighted by Crippen LogP contribution is -2.56. The third-order valence-electron chi connectivity index (χ3n) is 4.47. The normalized spacial score (nSPS) is 23.6. The van der Waals surface area contributed by atoms with Gasteiger partial charge in [-0.2, -0.15) is 0 Å². The van der Waals surface area contributed by atoms with Crippen molar-refractivity contribution in [3.63, 3.8) is 0 Å². The summed E-state index contributed by atoms with van der Waals surface area (Å²) in [5, 5.41) is 12.2. The van der Waals surface area contributed by atoms with E-state index in [0.29, 0.717) is 25.9 Å². The highest BCUT2D eigenvalue weighted by Crippen LogP contribution is 2.37. The van der Waals surface area contributed by atoms with E-state index in [9.17, 15) is 19.5 Å². The molecule has 2 N–H and O–H groups in total. The van der Waals surface area contributed by atoms with E-state index in [-0.39, 0.29) is 29.2 Å². The van der Waals surface area contributed by atoms with Gasteiger partial charge in [0.15, 0.2) is 11.0 Å². The molecule has 0 radical (unpaired) electrons. The van der Waals surface area contributed by atoms with Crippen LogP contribution in [0.1, 0.15) is 29.8 Å². The molecular formula is C14H15ClN2O5. The number of hydrogen-bond donors (Lipinski definition) is 2. The van der Waals surface area contributed by atoms with E-state index in [1.54, 1.807) is 4.90 Å². The second-order valence-electron chi connectivity index (χ2n) is 5.70. The Morgan fingerprint density at radius 1 is 1.36 bits per heavy atom. The van der Waals surface area contributed by atoms with E-state index in [4.69, 9.17) is 16.0 Å². The lowest BCUT2D eigenvalue weighted by Gasteiger charge is -2.41. The van der Waals surface area contributed by atoms with Gasteiger partial charge >= 0.3 is 5.97 Å². The second-order valence-corrected chi connectivity index (χ2v) is 6.07. The quantitative estimate of drug-likeness (QED) is 0.848. The number of carbonyl (C=O) groups excluding carboxylic acids is 2. The summed E-state index contributed by atoms with van der Waals surface area (Å²) in [6, 6.07) is 3.00. The first kappa shape index (κ1) is 14.9. The van der Waals surface area contributed by atoms with Gasteiger partial charge < -0.3 is 19.7 Å². The van der Waals surface area contributed by atoms with E-state index in [1.807, 2.05) is 0 Å². The SMILES string of the molecule is O=C1CC(C(=O)O)C2(CCN(C(=O)c3ccc(Cl)o3)CC2)N1. The topological polar surface area (TPSA) is 99.9 Å². The van der Waals surface area contributed by atoms with Gasteiger partial charge in [-0.05, 0) is 36.6 Å². The van der Waals surface area contributed by atoms with Crippen LogP contribution in [-0.4, -0.2) is 46.4 Å². The molecule has 0 aromatic carbocycles. The average molecular weight is 327 g/mol. The number of halogens is 1. The van der Waals surface area contributed by atoms with Crippen molar-refractivity contribution in [3.05, 3.63) is 23.1 Å². The molecule has 118 valence electrons. The van der Waals surface area contributed by atoms with Crippen molar-refractivity contribution in [3.8, 4) is 0 Å². The molecule has 3 heterocycles. The Balaban J connectivity index is 1.71. The first-order valence-corrected chi connectivity index (χ1v) is 7.37. The summed E-state index contributed by atoms with van der Waals surface area (Å²) in [6.07, 6.45) is 0.822. The summed E-state index contributed by atoms with van der Waals surface area (Å²) < 4.78 is 5.10. The Hall–Kier alpha value is -2.02. The number of nitrogens with one attached hydrogen (secondary N) is 1. The molecule has 1 spiro atoms. The number of nitrogens with zero attached hydrogens (tertiary/aromatic N) is 1. The highest BCUT2D eigenvalue weighted by atomic mass is 35.5. The van der Waals surface area contributed by atoms with Crippen LogP contribution < -0.4 is 5.32 Å². The second kappa shape index (κ2) is 5.31. The van der Waals surface area contributed by atoms with Gasteiger partial charge in [-0.15, -0.1) is 0 Å². The van der Waals surface area contributed by atoms with Crippen molar-refractivity contribution in [2.75, 3.05) is 13.1 Å². The lowest BCUT2D eigenvalue weighted by atomic mass is 9.77. The maximum atomic E-state index is 12.3. The Kier molecular flexibility index (Phi) is 3.60. The highest BCUT2D eigenvalue weighted by molar-refractivity contribution is 6.29. The monoisotopic (exact) mass is 326 g/mol. The summed E-state index contributed by atoms with van der Waals surface area (Å²) in [5.74, 6) is -2.08. The van der Waals surface area contributed by atoms with Crippen LogP contribution in [0.4, 0.5) is 0 Å². The number of carboxylic acids is 1. The van der Waals surface area contributed by atoms with Gasteiger partial charge in [-0.3, -0.25) is 14.4 Å². The van der Waals surface area contributed by atoms with Gasteiger partial charge in [0, 0.05) is 19.5 Å². The lowest BCUT2D eigenvalue weighted by molar-refractivity contribution is -0.144. The van der Waals surface area contributed by atoms with Crippen molar-refractivity contribution in [2.45, 2.75) is 24.8 Å². The van der Waals surface area contributed by atoms with Gasteiger partial charge in [0.25, 0.3) is 5.91 Å². The molecule has 1 aromatic rings. The third-order valence-corrected chi connectivity index (χ3v) is 4.67. The molecule has 0 aliphatic carbocycles. The standard InChI is InChI=1S/C14H15ClN2O5/c15-10-2-1-9(22-10)12(19)17-5-3-14(4-6-17)8(13(20)21)7-11(18)16-14/h1-2,8H,3-7H2,(H,16,18)(H,20,21). The summed E-state index contributed by atoms with van der Waals surface area (Å²) >= 11 is 5.66. The maximum absolute atomic E-state index is 12.3. The van der Waals surface area contributed by atoms with Crippen LogP contribution in [0.25, 0.3) is 0 Å². The average Bonchev–Trinajstić information content (AvgIpc) is 3.03. The fraction of sp³-hybridized carbons (Fsp3) is 0.500. The van der Waals surface area contributed by atoms with Gasteiger partial charge in [-0.1, -0.05) is 0 Å². The molecule has 1 atom stereocenters. The fourth-order valence-electron chi connectivity index (χ4n) is 3.29. The molecular weight excluding hydrogens is 312 g/mol. The number of carboxylic acid groups (broad SMARTS) is 1. The largest absolute Gasteiger partial charge is 0.481 e. The summed E-state index contributed by atoms with van der Waals surface area (Å²) in [4.78, 5) is 36.8. The zero-order valence-corrected chi connectivity index (χ0v) is 12.4. The first-order valence-electron chi connectivity index (χ1n) is 7.00. The van der Waals surface area contributed by atoms with Crippen LogP contribution in [0.5, 0.6) is 0 Å². The van der Waals surface area contributed by atoms with E-state index in [2.05, 4.69) is 5.32 Å². The molecule has 22 heavy (non-hydrogen) atoms.